The first-order chi connectivity index (χ1) is 31.9. The summed E-state index contributed by atoms with van der Waals surface area (Å²) >= 11 is -0.246. The van der Waals surface area contributed by atoms with Crippen LogP contribution in [0.4, 0.5) is 17.6 Å². The molecule has 0 aliphatic heterocycles. The van der Waals surface area contributed by atoms with Crippen LogP contribution >= 0.6 is 11.8 Å². The van der Waals surface area contributed by atoms with E-state index in [0.29, 0.717) is 14.4 Å². The number of halogens is 4. The molecule has 48 heavy (non-hydrogen) atoms. The molecule has 0 radical (unpaired) electrons. The lowest BCUT2D eigenvalue weighted by Gasteiger charge is -2.28. The van der Waals surface area contributed by atoms with E-state index in [0.717, 1.165) is 20.8 Å². The zero-order valence-corrected chi connectivity index (χ0v) is 26.2. The predicted octanol–water partition coefficient (Wildman–Crippen LogP) is 7.47. The van der Waals surface area contributed by atoms with Crippen molar-refractivity contribution < 1.29 is 53.9 Å². The minimum absolute atomic E-state index is 0.246. The molecule has 0 saturated heterocycles. The minimum Gasteiger partial charge on any atom is -0.336 e. The van der Waals surface area contributed by atoms with Crippen molar-refractivity contribution in [2.45, 2.75) is 63.6 Å². The van der Waals surface area contributed by atoms with Gasteiger partial charge in [0.1, 0.15) is 12.4 Å². The summed E-state index contributed by atoms with van der Waals surface area (Å²) in [5.74, 6) is -5.97. The van der Waals surface area contributed by atoms with Crippen LogP contribution in [0.1, 0.15) is 80.2 Å². The summed E-state index contributed by atoms with van der Waals surface area (Å²) in [6.45, 7) is -6.52. The third-order valence-corrected chi connectivity index (χ3v) is 7.37. The second kappa shape index (κ2) is 15.5. The maximum absolute atomic E-state index is 14.9. The maximum Gasteiger partial charge on any atom is 0.416 e. The van der Waals surface area contributed by atoms with Crippen molar-refractivity contribution in [3.8, 4) is 11.1 Å². The Bertz CT molecular complexity index is 2840. The number of likely N-dealkylation sites (N-methyl/N-ethyl adjacent to an activating group) is 1. The van der Waals surface area contributed by atoms with E-state index in [9.17, 15) is 27.2 Å². The second-order valence-electron chi connectivity index (χ2n) is 9.79. The number of carbonyl (C=O) groups excluding carboxylic acids is 1. The minimum atomic E-state index is -5.40. The molecule has 0 bridgehead atoms. The summed E-state index contributed by atoms with van der Waals surface area (Å²) in [6.07, 6.45) is -11.9. The number of rotatable bonds is 13. The van der Waals surface area contributed by atoms with Gasteiger partial charge in [0.25, 0.3) is 5.56 Å². The quantitative estimate of drug-likeness (QED) is 0.0822. The Morgan fingerprint density at radius 1 is 1.00 bits per heavy atom. The molecule has 1 aliphatic carbocycles. The molecule has 1 unspecified atom stereocenters. The second-order valence-corrected chi connectivity index (χ2v) is 10.6. The maximum atomic E-state index is 14.9. The Labute approximate surface area is 315 Å². The van der Waals surface area contributed by atoms with Gasteiger partial charge in [0.2, 0.25) is 5.91 Å². The van der Waals surface area contributed by atoms with Gasteiger partial charge in [-0.3, -0.25) is 9.59 Å². The highest BCUT2D eigenvalue weighted by atomic mass is 32.2. The van der Waals surface area contributed by atoms with Gasteiger partial charge < -0.3 is 14.4 Å². The Morgan fingerprint density at radius 2 is 1.60 bits per heavy atom. The Balaban J connectivity index is 1.78. The molecule has 0 fully saturated rings. The molecule has 11 heteroatoms. The predicted molar refractivity (Wildman–Crippen MR) is 181 cm³/mol. The van der Waals surface area contributed by atoms with Crippen LogP contribution in [0.25, 0.3) is 11.1 Å². The molecule has 0 spiro atoms. The van der Waals surface area contributed by atoms with Gasteiger partial charge in [-0.05, 0) is 78.1 Å². The highest BCUT2D eigenvalue weighted by Gasteiger charge is 2.30. The van der Waals surface area contributed by atoms with Gasteiger partial charge in [-0.15, -0.1) is 0 Å². The third-order valence-electron chi connectivity index (χ3n) is 6.57. The van der Waals surface area contributed by atoms with E-state index in [4.69, 9.17) is 31.5 Å². The molecule has 6 nitrogen and oxygen atoms in total. The average molecular weight is 704 g/mol. The first kappa shape index (κ1) is 16.2. The number of nitrogens with zero attached hydrogens (tertiary/aromatic N) is 4. The van der Waals surface area contributed by atoms with Crippen LogP contribution in [0.2, 0.25) is 0 Å². The number of benzene rings is 3. The van der Waals surface area contributed by atoms with Crippen LogP contribution in [0, 0.1) is 11.7 Å². The van der Waals surface area contributed by atoms with Gasteiger partial charge in [0, 0.05) is 51.7 Å². The number of aromatic nitrogens is 2. The van der Waals surface area contributed by atoms with E-state index >= 15 is 0 Å². The van der Waals surface area contributed by atoms with Crippen molar-refractivity contribution in [3.05, 3.63) is 117 Å². The summed E-state index contributed by atoms with van der Waals surface area (Å²) in [5, 5.41) is -1.04. The van der Waals surface area contributed by atoms with E-state index in [2.05, 4.69) is 4.98 Å². The lowest BCUT2D eigenvalue weighted by Crippen LogP contribution is -2.40. The van der Waals surface area contributed by atoms with Crippen molar-refractivity contribution in [1.82, 2.24) is 19.4 Å². The average Bonchev–Trinajstić information content (AvgIpc) is 3.32. The lowest BCUT2D eigenvalue weighted by molar-refractivity contribution is -0.137. The van der Waals surface area contributed by atoms with Crippen molar-refractivity contribution in [2.75, 3.05) is 26.1 Å². The smallest absolute Gasteiger partial charge is 0.336 e. The van der Waals surface area contributed by atoms with Crippen LogP contribution in [0.5, 0.6) is 0 Å². The molecule has 1 amide bonds. The number of amides is 1. The molecule has 0 saturated carbocycles. The number of alkyl halides is 3. The third kappa shape index (κ3) is 8.73. The van der Waals surface area contributed by atoms with Crippen molar-refractivity contribution >= 4 is 17.7 Å². The number of carbonyl (C=O) groups is 1. The van der Waals surface area contributed by atoms with E-state index in [1.807, 2.05) is 0 Å². The van der Waals surface area contributed by atoms with E-state index < -0.39 is 204 Å². The Morgan fingerprint density at radius 3 is 2.21 bits per heavy atom. The van der Waals surface area contributed by atoms with Crippen LogP contribution in [0.15, 0.2) is 82.5 Å². The largest absolute Gasteiger partial charge is 0.416 e. The van der Waals surface area contributed by atoms with Crippen LogP contribution in [-0.2, 0) is 42.5 Å². The molecular weight excluding hydrogens is 640 g/mol. The van der Waals surface area contributed by atoms with E-state index in [1.54, 1.807) is 0 Å². The van der Waals surface area contributed by atoms with Gasteiger partial charge in [0.15, 0.2) is 5.16 Å². The van der Waals surface area contributed by atoms with Gasteiger partial charge in [-0.2, -0.15) is 18.2 Å². The summed E-state index contributed by atoms with van der Waals surface area (Å²) in [6, 6.07) is -15.7. The van der Waals surface area contributed by atoms with Crippen molar-refractivity contribution in [2.24, 2.45) is 5.89 Å². The highest BCUT2D eigenvalue weighted by Crippen LogP contribution is 2.32. The fourth-order valence-electron chi connectivity index (χ4n) is 4.24. The lowest BCUT2D eigenvalue weighted by atomic mass is 10.0. The molecule has 254 valence electrons. The fourth-order valence-corrected chi connectivity index (χ4v) is 4.93. The van der Waals surface area contributed by atoms with Gasteiger partial charge in [0.05, 0.1) is 22.0 Å². The molecule has 3 aromatic carbocycles. The normalized spacial score (nSPS) is 25.8. The highest BCUT2D eigenvalue weighted by molar-refractivity contribution is 7.98. The van der Waals surface area contributed by atoms with Gasteiger partial charge >= 0.3 is 6.18 Å². The Hall–Kier alpha value is -3.96. The molecule has 1 heterocycles. The zero-order chi connectivity index (χ0) is 54.8. The first-order valence-corrected chi connectivity index (χ1v) is 14.7. The van der Waals surface area contributed by atoms with Crippen molar-refractivity contribution in [1.29, 1.82) is 0 Å². The van der Waals surface area contributed by atoms with Crippen molar-refractivity contribution in [3.63, 3.8) is 0 Å². The number of hydrogen-bond donors (Lipinski definition) is 0. The topological polar surface area (TPSA) is 58.4 Å². The molecule has 1 atom stereocenters. The summed E-state index contributed by atoms with van der Waals surface area (Å²) in [5.41, 5.74) is -13.0. The van der Waals surface area contributed by atoms with E-state index in [-0.39, 0.29) is 11.8 Å². The molecule has 4 aromatic rings. The molecule has 1 aliphatic rings. The zero-order valence-electron chi connectivity index (χ0n) is 48.4. The number of fused-ring (bicyclic) bond motifs is 1. The Kier molecular flexibility index (Phi) is 5.22. The van der Waals surface area contributed by atoms with Gasteiger partial charge in [-0.1, -0.05) is 80.9 Å². The fraction of sp³-hybridized carbons (Fsp3) is 0.378. The van der Waals surface area contributed by atoms with Crippen LogP contribution < -0.4 is 5.56 Å². The van der Waals surface area contributed by atoms with Gasteiger partial charge in [-0.25, -0.2) is 4.39 Å². The number of hydrogen-bond acceptors (Lipinski definition) is 5. The summed E-state index contributed by atoms with van der Waals surface area (Å²) < 4.78 is 252. The summed E-state index contributed by atoms with van der Waals surface area (Å²) in [7, 11) is 0. The number of thioether (sulfide) groups is 1. The first-order valence-electron chi connectivity index (χ1n) is 25.4. The van der Waals surface area contributed by atoms with Crippen LogP contribution in [-0.4, -0.2) is 51.3 Å². The van der Waals surface area contributed by atoms with Crippen LogP contribution in [0.3, 0.4) is 0 Å². The van der Waals surface area contributed by atoms with E-state index in [1.165, 1.54) is 0 Å². The SMILES string of the molecule is [2H]c1c([2H])c(C([2H])([2H])Sc2nc(=O)c3c(n2CC(=O)N(CCN(C([2H])([2H])C)C([2H])([2H])C)Cc2c([2H])c([2H])c(-c4c([2H])c([2H])c(C(F)(F)F)c([2H])c4[2H])c([2H])c2[2H])C([2H])([2H])C([2H])(C)C3([2H])[2H])c([2H])c([2H])c1F. The molecule has 0 N–H and O–H groups in total. The molecular formula is C37H40F4N4O2S. The molecule has 1 aromatic heterocycles. The standard InChI is InChI=1S/C37H40F4N4O2S/c1-4-43(5-2)18-19-44(22-26-6-10-28(11-7-26)29-12-14-30(15-13-29)37(39,40)41)34(46)23-45-33-21-25(3)20-32(33)35(47)42-36(45)48-24-27-8-16-31(38)17-9-27/h6-17,25H,4-5,18-24H2,1-3H3/i4D2,5D2,6D,7D,8D,9D,10D,11D,12D,13D,14D,15D,16D,17D,20D2,21D2,24D2,25D. The molecule has 5 rings (SSSR count). The monoisotopic (exact) mass is 703 g/mol. The summed E-state index contributed by atoms with van der Waals surface area (Å²) in [4.78, 5) is 33.6.